The van der Waals surface area contributed by atoms with E-state index in [0.29, 0.717) is 5.19 Å². The van der Waals surface area contributed by atoms with Crippen LogP contribution in [0.3, 0.4) is 0 Å². The normalized spacial score (nSPS) is 15.6. The highest BCUT2D eigenvalue weighted by atomic mass is 28.4. The summed E-state index contributed by atoms with van der Waals surface area (Å²) in [6, 6.07) is -4.95. The van der Waals surface area contributed by atoms with Crippen molar-refractivity contribution in [2.75, 3.05) is 105 Å². The topological polar surface area (TPSA) is 597 Å². The van der Waals surface area contributed by atoms with E-state index in [9.17, 15) is 122 Å². The van der Waals surface area contributed by atoms with Crippen LogP contribution in [-0.2, 0) is 67.1 Å². The number of nitrogens with one attached hydrogen (secondary N) is 9. The average Bonchev–Trinajstić information content (AvgIpc) is 0.748. The zero-order chi connectivity index (χ0) is 77.2. The molecular formula is C62H99N13O26Si. The molecule has 39 nitrogen and oxygen atoms in total. The number of carboxylic acid groups (broad SMARTS) is 8. The summed E-state index contributed by atoms with van der Waals surface area (Å²) < 4.78 is 0. The molecule has 1 aliphatic rings. The Bertz CT molecular complexity index is 3050. The van der Waals surface area contributed by atoms with Crippen molar-refractivity contribution in [1.29, 1.82) is 0 Å². The molecule has 572 valence electrons. The molecule has 0 aliphatic carbocycles. The van der Waals surface area contributed by atoms with E-state index in [1.54, 1.807) is 12.1 Å². The van der Waals surface area contributed by atoms with Crippen molar-refractivity contribution in [2.24, 2.45) is 0 Å². The van der Waals surface area contributed by atoms with Gasteiger partial charge in [0.25, 0.3) is 5.91 Å². The van der Waals surface area contributed by atoms with Crippen LogP contribution in [0.25, 0.3) is 0 Å². The fourth-order valence-electron chi connectivity index (χ4n) is 11.1. The number of nitrogens with zero attached hydrogens (tertiary/aromatic N) is 4. The Labute approximate surface area is 588 Å². The predicted molar refractivity (Wildman–Crippen MR) is 359 cm³/mol. The molecule has 9 amide bonds. The highest BCUT2D eigenvalue weighted by Gasteiger charge is 2.54. The van der Waals surface area contributed by atoms with Gasteiger partial charge in [-0.05, 0) is 59.5 Å². The van der Waals surface area contributed by atoms with E-state index < -0.39 is 228 Å². The van der Waals surface area contributed by atoms with Crippen molar-refractivity contribution in [3.05, 3.63) is 29.8 Å². The second-order valence-corrected chi connectivity index (χ2v) is 31.3. The number of aliphatic hydroxyl groups is 1. The SMILES string of the molecule is CC(C)(C)[Si](O)(c1ccc(C(=O)NC[C@@H](NC(=O)CC[C@@H](C(=O)O)N2CCN(CC(=O)O)CCN(CC(=O)O)CCN(CC(=O)O)CC2)C(=O)N[C@H](CO)C(=O)NCCC(=O)NCCC(=O)NCCC[C@@H](NC(=O)CC[C@H](NC(=O)N[C@@H](CCC(=O)O)C(=O)O)C(=O)O)C(=O)O)cc1)C(C)(C)C. The van der Waals surface area contributed by atoms with Gasteiger partial charge in [0.05, 0.1) is 26.2 Å². The van der Waals surface area contributed by atoms with Crippen LogP contribution < -0.4 is 53.0 Å². The number of hydrogen-bond acceptors (Lipinski definition) is 22. The molecule has 40 heteroatoms. The molecule has 0 bridgehead atoms. The molecule has 1 aliphatic heterocycles. The highest BCUT2D eigenvalue weighted by Crippen LogP contribution is 2.48. The van der Waals surface area contributed by atoms with Gasteiger partial charge in [-0.2, -0.15) is 0 Å². The van der Waals surface area contributed by atoms with Crippen LogP contribution in [0.4, 0.5) is 4.79 Å². The third kappa shape index (κ3) is 32.4. The van der Waals surface area contributed by atoms with Crippen molar-refractivity contribution < 1.29 is 127 Å². The van der Waals surface area contributed by atoms with Gasteiger partial charge in [-0.15, -0.1) is 0 Å². The van der Waals surface area contributed by atoms with Gasteiger partial charge >= 0.3 is 53.8 Å². The number of benzene rings is 1. The van der Waals surface area contributed by atoms with E-state index >= 15 is 0 Å². The first kappa shape index (κ1) is 88.6. The lowest BCUT2D eigenvalue weighted by molar-refractivity contribution is -0.145. The zero-order valence-electron chi connectivity index (χ0n) is 58.0. The molecule has 102 heavy (non-hydrogen) atoms. The maximum Gasteiger partial charge on any atom is 0.326 e. The molecule has 1 aromatic rings. The molecular weight excluding hydrogens is 1370 g/mol. The number of hydrogen-bond donors (Lipinski definition) is 19. The summed E-state index contributed by atoms with van der Waals surface area (Å²) in [6.07, 6.45) is -4.28. The molecule has 0 radical (unpaired) electrons. The third-order valence-electron chi connectivity index (χ3n) is 16.5. The Morgan fingerprint density at radius 1 is 0.422 bits per heavy atom. The first-order valence-electron chi connectivity index (χ1n) is 32.8. The fraction of sp³-hybridized carbons (Fsp3) is 0.645. The number of urea groups is 1. The molecule has 1 heterocycles. The van der Waals surface area contributed by atoms with E-state index in [1.807, 2.05) is 52.2 Å². The smallest absolute Gasteiger partial charge is 0.326 e. The number of rotatable bonds is 42. The Morgan fingerprint density at radius 2 is 0.833 bits per heavy atom. The van der Waals surface area contributed by atoms with Gasteiger partial charge in [-0.3, -0.25) is 77.1 Å². The van der Waals surface area contributed by atoms with Gasteiger partial charge in [-0.1, -0.05) is 53.7 Å². The highest BCUT2D eigenvalue weighted by molar-refractivity contribution is 6.90. The number of aliphatic carboxylic acids is 8. The molecule has 0 spiro atoms. The first-order chi connectivity index (χ1) is 47.6. The van der Waals surface area contributed by atoms with Crippen LogP contribution >= 0.6 is 0 Å². The standard InChI is InChI=1S/C62H99N13O26Si/c1-61(2,3)102(101,62(4,5)6)38-11-9-37(10-12-38)53(89)66-32-42(68-48(80)17-15-44(59(98)99)75-30-28-73(34-51(85)86)26-24-72(33-50(83)84)25-27-74(29-31-75)35-52(87)88)55(91)69-43(36-76)54(90)65-23-20-46(78)64-22-19-45(77)63-21-7-8-39(56(92)93)67-47(79)16-13-40(57(94)95)70-60(100)71-41(58(96)97)14-18-49(81)82/h9-12,39-44,76,101H,7-8,13-36H2,1-6H3,(H,63,77)(H,64,78)(H,65,90)(H,66,89)(H,67,79)(H,68,80)(H,69,91)(H,81,82)(H,83,84)(H,85,86)(H,87,88)(H,92,93)(H,94,95)(H,96,97)(H,98,99)(H2,70,71,100)/t39-,40+,41+,42-,43-,44+/m1/s1. The maximum absolute atomic E-state index is 14.1. The lowest BCUT2D eigenvalue weighted by Gasteiger charge is -2.47. The second-order valence-electron chi connectivity index (χ2n) is 26.3. The summed E-state index contributed by atoms with van der Waals surface area (Å²) in [5.41, 5.74) is 0.0808. The van der Waals surface area contributed by atoms with Crippen LogP contribution in [0.2, 0.25) is 10.1 Å². The summed E-state index contributed by atoms with van der Waals surface area (Å²) in [4.78, 5) is 217. The Morgan fingerprint density at radius 3 is 1.25 bits per heavy atom. The van der Waals surface area contributed by atoms with Gasteiger partial charge < -0.3 is 98.6 Å². The van der Waals surface area contributed by atoms with E-state index in [4.69, 9.17) is 5.11 Å². The maximum atomic E-state index is 14.1. The molecule has 1 aromatic carbocycles. The number of carboxylic acids is 8. The fourth-order valence-corrected chi connectivity index (χ4v) is 15.8. The molecule has 6 atom stereocenters. The van der Waals surface area contributed by atoms with E-state index in [0.717, 1.165) is 0 Å². The molecule has 19 N–H and O–H groups in total. The van der Waals surface area contributed by atoms with Crippen LogP contribution in [-0.4, -0.2) is 315 Å². The molecule has 2 rings (SSSR count). The Balaban J connectivity index is 2.15. The van der Waals surface area contributed by atoms with Crippen LogP contribution in [0, 0.1) is 0 Å². The quantitative estimate of drug-likeness (QED) is 0.0216. The Kier molecular flexibility index (Phi) is 37.7. The van der Waals surface area contributed by atoms with Crippen molar-refractivity contribution >= 4 is 109 Å². The van der Waals surface area contributed by atoms with Gasteiger partial charge in [0.1, 0.15) is 36.3 Å². The predicted octanol–water partition coefficient (Wildman–Crippen LogP) is -4.84. The number of amides is 9. The summed E-state index contributed by atoms with van der Waals surface area (Å²) in [7, 11) is -3.28. The largest absolute Gasteiger partial charge is 0.481 e. The summed E-state index contributed by atoms with van der Waals surface area (Å²) in [5.74, 6) is -17.1. The number of carbonyl (C=O) groups excluding carboxylic acids is 8. The summed E-state index contributed by atoms with van der Waals surface area (Å²) in [5, 5.41) is 107. The van der Waals surface area contributed by atoms with Crippen LogP contribution in [0.5, 0.6) is 0 Å². The van der Waals surface area contributed by atoms with Crippen molar-refractivity contribution in [3.63, 3.8) is 0 Å². The molecule has 0 aromatic heterocycles. The van der Waals surface area contributed by atoms with E-state index in [-0.39, 0.29) is 96.8 Å². The molecule has 1 saturated heterocycles. The van der Waals surface area contributed by atoms with Crippen molar-refractivity contribution in [3.8, 4) is 0 Å². The molecule has 0 unspecified atom stereocenters. The minimum Gasteiger partial charge on any atom is -0.481 e. The van der Waals surface area contributed by atoms with Gasteiger partial charge in [-0.25, -0.2) is 19.2 Å². The van der Waals surface area contributed by atoms with Crippen LogP contribution in [0.1, 0.15) is 116 Å². The van der Waals surface area contributed by atoms with E-state index in [1.165, 1.54) is 31.7 Å². The van der Waals surface area contributed by atoms with Gasteiger partial charge in [0.2, 0.25) is 43.8 Å². The minimum absolute atomic E-state index is 0.00149. The van der Waals surface area contributed by atoms with Crippen LogP contribution in [0.15, 0.2) is 24.3 Å². The third-order valence-corrected chi connectivity index (χ3v) is 22.0. The average molecular weight is 1470 g/mol. The lowest BCUT2D eigenvalue weighted by atomic mass is 10.1. The number of carbonyl (C=O) groups is 16. The zero-order valence-corrected chi connectivity index (χ0v) is 59.0. The Hall–Kier alpha value is -9.48. The molecule has 1 fully saturated rings. The monoisotopic (exact) mass is 1470 g/mol. The summed E-state index contributed by atoms with van der Waals surface area (Å²) in [6.45, 7) is 7.55. The first-order valence-corrected chi connectivity index (χ1v) is 34.7. The lowest BCUT2D eigenvalue weighted by Crippen LogP contribution is -2.61. The summed E-state index contributed by atoms with van der Waals surface area (Å²) >= 11 is 0. The van der Waals surface area contributed by atoms with Gasteiger partial charge in [0, 0.05) is 116 Å². The van der Waals surface area contributed by atoms with Crippen molar-refractivity contribution in [2.45, 2.75) is 152 Å². The van der Waals surface area contributed by atoms with E-state index in [2.05, 4.69) is 37.2 Å². The number of aliphatic hydroxyl groups excluding tert-OH is 1. The van der Waals surface area contributed by atoms with Crippen molar-refractivity contribution in [1.82, 2.24) is 67.5 Å². The van der Waals surface area contributed by atoms with Gasteiger partial charge in [0.15, 0.2) is 0 Å². The second kappa shape index (κ2) is 43.4. The molecule has 0 saturated carbocycles. The minimum atomic E-state index is -3.28.